The molecule has 1 aromatic heterocycles. The topological polar surface area (TPSA) is 81.2 Å². The van der Waals surface area contributed by atoms with Crippen molar-refractivity contribution in [2.75, 3.05) is 12.3 Å². The number of sulfonamides is 1. The summed E-state index contributed by atoms with van der Waals surface area (Å²) in [6.45, 7) is 6.09. The number of aryl methyl sites for hydroxylation is 1. The van der Waals surface area contributed by atoms with Crippen molar-refractivity contribution >= 4 is 15.8 Å². The summed E-state index contributed by atoms with van der Waals surface area (Å²) in [5.41, 5.74) is 6.36. The first-order valence-electron chi connectivity index (χ1n) is 6.56. The second-order valence-electron chi connectivity index (χ2n) is 5.54. The molecule has 1 aromatic rings. The summed E-state index contributed by atoms with van der Waals surface area (Å²) < 4.78 is 28.6. The predicted octanol–water partition coefficient (Wildman–Crippen LogP) is 1.12. The molecule has 2 rings (SSSR count). The summed E-state index contributed by atoms with van der Waals surface area (Å²) in [4.78, 5) is 0.157. The molecule has 1 saturated carbocycles. The number of nitrogens with two attached hydrogens (primary N) is 1. The lowest BCUT2D eigenvalue weighted by Gasteiger charge is -2.25. The van der Waals surface area contributed by atoms with E-state index in [2.05, 4.69) is 5.10 Å². The third-order valence-corrected chi connectivity index (χ3v) is 5.79. The zero-order chi connectivity index (χ0) is 14.4. The van der Waals surface area contributed by atoms with Crippen molar-refractivity contribution < 1.29 is 8.42 Å². The Bertz CT molecular complexity index is 573. The molecule has 0 spiro atoms. The molecule has 1 heterocycles. The van der Waals surface area contributed by atoms with E-state index in [1.165, 1.54) is 4.68 Å². The summed E-state index contributed by atoms with van der Waals surface area (Å²) in [5, 5.41) is 4.00. The summed E-state index contributed by atoms with van der Waals surface area (Å²) in [6.07, 6.45) is 2.22. The maximum absolute atomic E-state index is 12.8. The zero-order valence-electron chi connectivity index (χ0n) is 11.9. The van der Waals surface area contributed by atoms with Gasteiger partial charge in [-0.2, -0.15) is 9.40 Å². The van der Waals surface area contributed by atoms with Crippen LogP contribution in [0.3, 0.4) is 0 Å². The number of aromatic nitrogens is 2. The Balaban J connectivity index is 2.43. The molecule has 19 heavy (non-hydrogen) atoms. The first-order valence-corrected chi connectivity index (χ1v) is 8.00. The highest BCUT2D eigenvalue weighted by atomic mass is 32.2. The summed E-state index contributed by atoms with van der Waals surface area (Å²) in [6, 6.07) is -0.0791. The fourth-order valence-corrected chi connectivity index (χ4v) is 4.20. The van der Waals surface area contributed by atoms with Crippen LogP contribution in [0.1, 0.15) is 32.4 Å². The van der Waals surface area contributed by atoms with Crippen LogP contribution >= 0.6 is 0 Å². The average Bonchev–Trinajstić information content (AvgIpc) is 3.04. The molecule has 0 aliphatic heterocycles. The van der Waals surface area contributed by atoms with Crippen molar-refractivity contribution in [3.05, 3.63) is 5.69 Å². The lowest BCUT2D eigenvalue weighted by atomic mass is 10.3. The molecule has 0 amide bonds. The molecular formula is C12H22N4O2S. The third kappa shape index (κ3) is 2.62. The molecule has 0 bridgehead atoms. The molecule has 0 aromatic carbocycles. The van der Waals surface area contributed by atoms with Gasteiger partial charge in [-0.3, -0.25) is 4.68 Å². The molecule has 1 aliphatic carbocycles. The van der Waals surface area contributed by atoms with Gasteiger partial charge in [0.25, 0.3) is 0 Å². The van der Waals surface area contributed by atoms with Crippen LogP contribution < -0.4 is 5.73 Å². The van der Waals surface area contributed by atoms with Crippen LogP contribution in [-0.4, -0.2) is 35.1 Å². The minimum atomic E-state index is -3.57. The van der Waals surface area contributed by atoms with Crippen LogP contribution in [0.2, 0.25) is 0 Å². The fourth-order valence-electron chi connectivity index (χ4n) is 2.19. The van der Waals surface area contributed by atoms with Gasteiger partial charge in [0.05, 0.1) is 5.69 Å². The molecule has 1 aliphatic rings. The SMILES string of the molecule is Cc1c(S(=O)(=O)N(CC2CC2)C(C)C)c(N)nn1C. The molecular weight excluding hydrogens is 264 g/mol. The summed E-state index contributed by atoms with van der Waals surface area (Å²) in [7, 11) is -1.87. The van der Waals surface area contributed by atoms with E-state index in [-0.39, 0.29) is 16.8 Å². The second kappa shape index (κ2) is 4.79. The number of nitrogens with zero attached hydrogens (tertiary/aromatic N) is 3. The van der Waals surface area contributed by atoms with E-state index >= 15 is 0 Å². The van der Waals surface area contributed by atoms with E-state index in [0.29, 0.717) is 18.2 Å². The van der Waals surface area contributed by atoms with E-state index in [1.54, 1.807) is 18.3 Å². The van der Waals surface area contributed by atoms with Gasteiger partial charge in [-0.05, 0) is 39.5 Å². The molecule has 0 unspecified atom stereocenters. The highest BCUT2D eigenvalue weighted by molar-refractivity contribution is 7.89. The molecule has 2 N–H and O–H groups in total. The van der Waals surface area contributed by atoms with Crippen LogP contribution in [0, 0.1) is 12.8 Å². The predicted molar refractivity (Wildman–Crippen MR) is 74.1 cm³/mol. The fraction of sp³-hybridized carbons (Fsp3) is 0.750. The van der Waals surface area contributed by atoms with Gasteiger partial charge in [-0.25, -0.2) is 8.42 Å². The Morgan fingerprint density at radius 2 is 2.05 bits per heavy atom. The van der Waals surface area contributed by atoms with Crippen molar-refractivity contribution in [3.63, 3.8) is 0 Å². The Hall–Kier alpha value is -1.08. The van der Waals surface area contributed by atoms with Crippen LogP contribution in [0.4, 0.5) is 5.82 Å². The summed E-state index contributed by atoms with van der Waals surface area (Å²) >= 11 is 0. The van der Waals surface area contributed by atoms with E-state index in [1.807, 2.05) is 13.8 Å². The van der Waals surface area contributed by atoms with Crippen LogP contribution in [0.5, 0.6) is 0 Å². The van der Waals surface area contributed by atoms with Crippen molar-refractivity contribution in [1.29, 1.82) is 0 Å². The van der Waals surface area contributed by atoms with Gasteiger partial charge in [0.2, 0.25) is 10.0 Å². The molecule has 0 radical (unpaired) electrons. The first kappa shape index (κ1) is 14.3. The molecule has 1 fully saturated rings. The zero-order valence-corrected chi connectivity index (χ0v) is 12.7. The maximum atomic E-state index is 12.8. The van der Waals surface area contributed by atoms with Gasteiger partial charge in [0.15, 0.2) is 5.82 Å². The minimum Gasteiger partial charge on any atom is -0.381 e. The lowest BCUT2D eigenvalue weighted by molar-refractivity contribution is 0.341. The van der Waals surface area contributed by atoms with Crippen molar-refractivity contribution in [1.82, 2.24) is 14.1 Å². The van der Waals surface area contributed by atoms with Crippen LogP contribution in [0.25, 0.3) is 0 Å². The Morgan fingerprint density at radius 1 is 1.47 bits per heavy atom. The third-order valence-electron chi connectivity index (χ3n) is 3.58. The molecule has 0 saturated heterocycles. The highest BCUT2D eigenvalue weighted by Gasteiger charge is 2.36. The minimum absolute atomic E-state index is 0.0791. The standard InChI is InChI=1S/C12H22N4O2S/c1-8(2)16(7-10-5-6-10)19(17,18)11-9(3)15(4)14-12(11)13/h8,10H,5-7H2,1-4H3,(H2,13,14). The van der Waals surface area contributed by atoms with E-state index in [4.69, 9.17) is 5.73 Å². The van der Waals surface area contributed by atoms with E-state index < -0.39 is 10.0 Å². The van der Waals surface area contributed by atoms with E-state index in [9.17, 15) is 8.42 Å². The van der Waals surface area contributed by atoms with Crippen LogP contribution in [-0.2, 0) is 17.1 Å². The molecule has 7 heteroatoms. The number of rotatable bonds is 5. The maximum Gasteiger partial charge on any atom is 0.248 e. The quantitative estimate of drug-likeness (QED) is 0.879. The number of nitrogen functional groups attached to an aromatic ring is 1. The Labute approximate surface area is 114 Å². The first-order chi connectivity index (χ1) is 8.75. The molecule has 108 valence electrons. The van der Waals surface area contributed by atoms with Gasteiger partial charge in [0, 0.05) is 19.6 Å². The van der Waals surface area contributed by atoms with Gasteiger partial charge in [0.1, 0.15) is 4.90 Å². The van der Waals surface area contributed by atoms with Gasteiger partial charge in [-0.15, -0.1) is 0 Å². The largest absolute Gasteiger partial charge is 0.381 e. The van der Waals surface area contributed by atoms with Crippen molar-refractivity contribution in [2.45, 2.75) is 44.6 Å². The van der Waals surface area contributed by atoms with Crippen LogP contribution in [0.15, 0.2) is 4.90 Å². The highest BCUT2D eigenvalue weighted by Crippen LogP contribution is 2.34. The van der Waals surface area contributed by atoms with Gasteiger partial charge in [-0.1, -0.05) is 0 Å². The van der Waals surface area contributed by atoms with Crippen molar-refractivity contribution in [2.24, 2.45) is 13.0 Å². The molecule has 0 atom stereocenters. The number of anilines is 1. The number of hydrogen-bond acceptors (Lipinski definition) is 4. The van der Waals surface area contributed by atoms with Gasteiger partial charge >= 0.3 is 0 Å². The summed E-state index contributed by atoms with van der Waals surface area (Å²) in [5.74, 6) is 0.580. The Morgan fingerprint density at radius 3 is 2.42 bits per heavy atom. The smallest absolute Gasteiger partial charge is 0.248 e. The Kier molecular flexibility index (Phi) is 3.61. The van der Waals surface area contributed by atoms with Crippen molar-refractivity contribution in [3.8, 4) is 0 Å². The monoisotopic (exact) mass is 286 g/mol. The van der Waals surface area contributed by atoms with Gasteiger partial charge < -0.3 is 5.73 Å². The lowest BCUT2D eigenvalue weighted by Crippen LogP contribution is -2.38. The average molecular weight is 286 g/mol. The second-order valence-corrected chi connectivity index (χ2v) is 7.36. The number of hydrogen-bond donors (Lipinski definition) is 1. The molecule has 6 nitrogen and oxygen atoms in total. The normalized spacial score (nSPS) is 16.5. The van der Waals surface area contributed by atoms with E-state index in [0.717, 1.165) is 12.8 Å².